The molecule has 0 aliphatic rings. The Labute approximate surface area is 141 Å². The van der Waals surface area contributed by atoms with Crippen molar-refractivity contribution >= 4 is 21.8 Å². The van der Waals surface area contributed by atoms with E-state index in [0.29, 0.717) is 0 Å². The molecular formula is C21H19N3. The van der Waals surface area contributed by atoms with Gasteiger partial charge in [-0.05, 0) is 24.3 Å². The summed E-state index contributed by atoms with van der Waals surface area (Å²) in [5, 5.41) is 2.21. The third-order valence-corrected chi connectivity index (χ3v) is 4.22. The zero-order chi connectivity index (χ0) is 16.7. The molecule has 0 amide bonds. The predicted octanol–water partition coefficient (Wildman–Crippen LogP) is 5.14. The van der Waals surface area contributed by atoms with Gasteiger partial charge in [-0.1, -0.05) is 51.1 Å². The van der Waals surface area contributed by atoms with Gasteiger partial charge in [-0.2, -0.15) is 0 Å². The predicted molar refractivity (Wildman–Crippen MR) is 99.0 cm³/mol. The van der Waals surface area contributed by atoms with Gasteiger partial charge in [-0.15, -0.1) is 0 Å². The van der Waals surface area contributed by atoms with E-state index in [1.165, 1.54) is 0 Å². The van der Waals surface area contributed by atoms with Crippen molar-refractivity contribution in [3.8, 4) is 11.4 Å². The highest BCUT2D eigenvalue weighted by Crippen LogP contribution is 2.28. The lowest BCUT2D eigenvalue weighted by molar-refractivity contribution is 0.571. The van der Waals surface area contributed by atoms with E-state index in [2.05, 4.69) is 56.1 Å². The molecule has 0 aliphatic heterocycles. The van der Waals surface area contributed by atoms with Crippen LogP contribution in [0.25, 0.3) is 33.2 Å². The molecule has 0 saturated heterocycles. The van der Waals surface area contributed by atoms with Gasteiger partial charge in [0.2, 0.25) is 0 Å². The van der Waals surface area contributed by atoms with Crippen molar-refractivity contribution in [1.29, 1.82) is 0 Å². The van der Waals surface area contributed by atoms with Crippen LogP contribution in [0, 0.1) is 0 Å². The van der Waals surface area contributed by atoms with Gasteiger partial charge in [0.25, 0.3) is 0 Å². The van der Waals surface area contributed by atoms with Gasteiger partial charge < -0.3 is 0 Å². The van der Waals surface area contributed by atoms with Crippen LogP contribution in [0.3, 0.4) is 0 Å². The van der Waals surface area contributed by atoms with Crippen LogP contribution in [0.5, 0.6) is 0 Å². The Hall–Kier alpha value is -2.81. The standard InChI is InChI=1S/C21H19N3/c1-21(2,3)18-12-10-15-8-7-14-9-11-17(16-6-4-5-13-22-16)23-19(14)20(15)24-18/h4-13H,1-3H3. The normalized spacial score (nSPS) is 12.0. The number of aromatic nitrogens is 3. The Morgan fingerprint density at radius 3 is 2.00 bits per heavy atom. The SMILES string of the molecule is CC(C)(C)c1ccc2ccc3ccc(-c4ccccn4)nc3c2n1. The van der Waals surface area contributed by atoms with Gasteiger partial charge in [0, 0.05) is 28.1 Å². The smallest absolute Gasteiger partial charge is 0.0972 e. The molecule has 3 heterocycles. The fourth-order valence-electron chi connectivity index (χ4n) is 2.84. The maximum atomic E-state index is 4.93. The molecule has 0 atom stereocenters. The summed E-state index contributed by atoms with van der Waals surface area (Å²) in [6, 6.07) is 18.4. The maximum Gasteiger partial charge on any atom is 0.0972 e. The molecule has 0 saturated carbocycles. The molecule has 0 bridgehead atoms. The first-order chi connectivity index (χ1) is 11.5. The summed E-state index contributed by atoms with van der Waals surface area (Å²) < 4.78 is 0. The van der Waals surface area contributed by atoms with Crippen molar-refractivity contribution in [2.75, 3.05) is 0 Å². The second kappa shape index (κ2) is 5.38. The van der Waals surface area contributed by atoms with E-state index in [9.17, 15) is 0 Å². The third kappa shape index (κ3) is 2.52. The van der Waals surface area contributed by atoms with Gasteiger partial charge in [0.15, 0.2) is 0 Å². The molecular weight excluding hydrogens is 294 g/mol. The van der Waals surface area contributed by atoms with Crippen LogP contribution in [-0.4, -0.2) is 15.0 Å². The summed E-state index contributed by atoms with van der Waals surface area (Å²) >= 11 is 0. The molecule has 0 spiro atoms. The Balaban J connectivity index is 2.01. The summed E-state index contributed by atoms with van der Waals surface area (Å²) in [7, 11) is 0. The Bertz CT molecular complexity index is 1030. The molecule has 3 heteroatoms. The molecule has 4 rings (SSSR count). The third-order valence-electron chi connectivity index (χ3n) is 4.22. The lowest BCUT2D eigenvalue weighted by Gasteiger charge is -2.18. The van der Waals surface area contributed by atoms with Crippen molar-refractivity contribution < 1.29 is 0 Å². The van der Waals surface area contributed by atoms with E-state index >= 15 is 0 Å². The van der Waals surface area contributed by atoms with Gasteiger partial charge in [-0.25, -0.2) is 9.97 Å². The lowest BCUT2D eigenvalue weighted by Crippen LogP contribution is -2.13. The first-order valence-electron chi connectivity index (χ1n) is 8.15. The second-order valence-corrected chi connectivity index (χ2v) is 7.07. The van der Waals surface area contributed by atoms with Crippen LogP contribution in [0.15, 0.2) is 60.8 Å². The van der Waals surface area contributed by atoms with Crippen molar-refractivity contribution in [3.05, 3.63) is 66.5 Å². The van der Waals surface area contributed by atoms with Crippen molar-refractivity contribution in [2.24, 2.45) is 0 Å². The topological polar surface area (TPSA) is 38.7 Å². The van der Waals surface area contributed by atoms with Gasteiger partial charge in [0.1, 0.15) is 0 Å². The lowest BCUT2D eigenvalue weighted by atomic mass is 9.91. The average molecular weight is 313 g/mol. The van der Waals surface area contributed by atoms with Crippen molar-refractivity contribution in [2.45, 2.75) is 26.2 Å². The number of rotatable bonds is 1. The minimum atomic E-state index is 0.00888. The van der Waals surface area contributed by atoms with Crippen LogP contribution in [0.1, 0.15) is 26.5 Å². The summed E-state index contributed by atoms with van der Waals surface area (Å²) in [4.78, 5) is 14.2. The fraction of sp³-hybridized carbons (Fsp3) is 0.190. The zero-order valence-corrected chi connectivity index (χ0v) is 14.1. The first kappa shape index (κ1) is 14.8. The Morgan fingerprint density at radius 2 is 1.33 bits per heavy atom. The minimum Gasteiger partial charge on any atom is -0.255 e. The van der Waals surface area contributed by atoms with Gasteiger partial charge >= 0.3 is 0 Å². The number of hydrogen-bond acceptors (Lipinski definition) is 3. The molecule has 3 aromatic heterocycles. The summed E-state index contributed by atoms with van der Waals surface area (Å²) in [5.74, 6) is 0. The van der Waals surface area contributed by atoms with Crippen LogP contribution in [0.4, 0.5) is 0 Å². The molecule has 0 aliphatic carbocycles. The van der Waals surface area contributed by atoms with Crippen LogP contribution in [0.2, 0.25) is 0 Å². The number of benzene rings is 1. The molecule has 0 fully saturated rings. The molecule has 24 heavy (non-hydrogen) atoms. The maximum absolute atomic E-state index is 4.93. The molecule has 3 nitrogen and oxygen atoms in total. The van der Waals surface area contributed by atoms with Crippen molar-refractivity contribution in [3.63, 3.8) is 0 Å². The van der Waals surface area contributed by atoms with Crippen LogP contribution < -0.4 is 0 Å². The zero-order valence-electron chi connectivity index (χ0n) is 14.1. The van der Waals surface area contributed by atoms with Gasteiger partial charge in [-0.3, -0.25) is 4.98 Å². The Morgan fingerprint density at radius 1 is 0.667 bits per heavy atom. The molecule has 1 aromatic carbocycles. The quantitative estimate of drug-likeness (QED) is 0.457. The highest BCUT2D eigenvalue weighted by atomic mass is 14.8. The van der Waals surface area contributed by atoms with E-state index in [-0.39, 0.29) is 5.41 Å². The number of nitrogens with zero attached hydrogens (tertiary/aromatic N) is 3. The summed E-state index contributed by atoms with van der Waals surface area (Å²) in [6.45, 7) is 6.54. The van der Waals surface area contributed by atoms with E-state index in [0.717, 1.165) is 38.9 Å². The van der Waals surface area contributed by atoms with E-state index in [1.807, 2.05) is 24.3 Å². The second-order valence-electron chi connectivity index (χ2n) is 7.07. The molecule has 4 aromatic rings. The highest BCUT2D eigenvalue weighted by Gasteiger charge is 2.16. The minimum absolute atomic E-state index is 0.00888. The first-order valence-corrected chi connectivity index (χ1v) is 8.15. The fourth-order valence-corrected chi connectivity index (χ4v) is 2.84. The number of fused-ring (bicyclic) bond motifs is 3. The molecule has 118 valence electrons. The highest BCUT2D eigenvalue weighted by molar-refractivity contribution is 6.03. The number of hydrogen-bond donors (Lipinski definition) is 0. The van der Waals surface area contributed by atoms with E-state index in [4.69, 9.17) is 9.97 Å². The number of pyridine rings is 3. The monoisotopic (exact) mass is 313 g/mol. The van der Waals surface area contributed by atoms with Crippen LogP contribution >= 0.6 is 0 Å². The van der Waals surface area contributed by atoms with Gasteiger partial charge in [0.05, 0.1) is 22.4 Å². The summed E-state index contributed by atoms with van der Waals surface area (Å²) in [5.41, 5.74) is 4.73. The van der Waals surface area contributed by atoms with E-state index in [1.54, 1.807) is 6.20 Å². The Kier molecular flexibility index (Phi) is 3.31. The average Bonchev–Trinajstić information content (AvgIpc) is 2.60. The molecule has 0 unspecified atom stereocenters. The van der Waals surface area contributed by atoms with Crippen LogP contribution in [-0.2, 0) is 5.41 Å². The van der Waals surface area contributed by atoms with Crippen molar-refractivity contribution in [1.82, 2.24) is 15.0 Å². The van der Waals surface area contributed by atoms with E-state index < -0.39 is 0 Å². The summed E-state index contributed by atoms with van der Waals surface area (Å²) in [6.07, 6.45) is 1.79. The molecule has 0 radical (unpaired) electrons. The largest absolute Gasteiger partial charge is 0.255 e. The molecule has 0 N–H and O–H groups in total.